The fourth-order valence-corrected chi connectivity index (χ4v) is 10.3. The molecule has 2 saturated carbocycles. The number of H-pyrrole nitrogens is 2. The molecule has 2 bridgehead atoms. The van der Waals surface area contributed by atoms with Gasteiger partial charge in [-0.15, -0.1) is 0 Å². The van der Waals surface area contributed by atoms with E-state index in [1.165, 1.54) is 54.2 Å². The van der Waals surface area contributed by atoms with Gasteiger partial charge in [0, 0.05) is 18.2 Å². The quantitative estimate of drug-likeness (QED) is 0.133. The zero-order chi connectivity index (χ0) is 39.0. The van der Waals surface area contributed by atoms with Crippen molar-refractivity contribution in [2.75, 3.05) is 13.7 Å². The van der Waals surface area contributed by atoms with Crippen molar-refractivity contribution < 1.29 is 19.1 Å². The summed E-state index contributed by atoms with van der Waals surface area (Å²) in [5, 5.41) is 2.76. The first kappa shape index (κ1) is 36.7. The zero-order valence-corrected chi connectivity index (χ0v) is 33.0. The van der Waals surface area contributed by atoms with Crippen LogP contribution in [0.15, 0.2) is 48.8 Å². The third kappa shape index (κ3) is 6.20. The van der Waals surface area contributed by atoms with Gasteiger partial charge in [-0.2, -0.15) is 0 Å². The van der Waals surface area contributed by atoms with Gasteiger partial charge in [-0.05, 0) is 102 Å². The van der Waals surface area contributed by atoms with Gasteiger partial charge in [0.25, 0.3) is 0 Å². The second-order valence-corrected chi connectivity index (χ2v) is 17.5. The van der Waals surface area contributed by atoms with E-state index in [9.17, 15) is 14.4 Å². The summed E-state index contributed by atoms with van der Waals surface area (Å²) >= 11 is 0. The second-order valence-electron chi connectivity index (χ2n) is 17.5. The van der Waals surface area contributed by atoms with E-state index in [0.29, 0.717) is 24.3 Å². The normalized spacial score (nSPS) is 25.8. The van der Waals surface area contributed by atoms with E-state index in [1.807, 2.05) is 49.9 Å². The van der Waals surface area contributed by atoms with Crippen molar-refractivity contribution in [3.63, 3.8) is 0 Å². The number of methoxy groups -OCH3 is 1. The number of hydrogen-bond acceptors (Lipinski definition) is 7. The summed E-state index contributed by atoms with van der Waals surface area (Å²) in [5.74, 6) is 3.10. The van der Waals surface area contributed by atoms with Crippen LogP contribution in [-0.2, 0) is 14.3 Å². The number of nitrogens with two attached hydrogens (primary N) is 1. The molecule has 5 N–H and O–H groups in total. The third-order valence-corrected chi connectivity index (χ3v) is 13.4. The second kappa shape index (κ2) is 14.2. The van der Waals surface area contributed by atoms with Gasteiger partial charge < -0.3 is 35.6 Å². The average Bonchev–Trinajstić information content (AvgIpc) is 3.95. The number of aromatic nitrogens is 4. The van der Waals surface area contributed by atoms with Crippen LogP contribution in [0.1, 0.15) is 119 Å². The Morgan fingerprint density at radius 2 is 1.43 bits per heavy atom. The van der Waals surface area contributed by atoms with Crippen LogP contribution in [0.3, 0.4) is 0 Å². The Balaban J connectivity index is 0.953. The van der Waals surface area contributed by atoms with Gasteiger partial charge in [-0.25, -0.2) is 14.8 Å². The maximum Gasteiger partial charge on any atom is 0.407 e. The maximum atomic E-state index is 13.9. The van der Waals surface area contributed by atoms with E-state index in [2.05, 4.69) is 51.7 Å². The van der Waals surface area contributed by atoms with E-state index < -0.39 is 18.2 Å². The molecule has 4 aromatic rings. The molecule has 2 saturated heterocycles. The van der Waals surface area contributed by atoms with Crippen LogP contribution in [0.5, 0.6) is 0 Å². The Hall–Kier alpha value is -4.97. The van der Waals surface area contributed by atoms with Crippen molar-refractivity contribution >= 4 is 17.9 Å². The van der Waals surface area contributed by atoms with Gasteiger partial charge in [-0.1, -0.05) is 64.1 Å². The largest absolute Gasteiger partial charge is 0.453 e. The number of alkyl carbamates (subject to hydrolysis) is 1. The number of imidazole rings is 2. The highest BCUT2D eigenvalue weighted by Crippen LogP contribution is 2.58. The first-order chi connectivity index (χ1) is 27.0. The molecule has 4 unspecified atom stereocenters. The molecule has 294 valence electrons. The van der Waals surface area contributed by atoms with Crippen molar-refractivity contribution in [1.82, 2.24) is 35.1 Å². The monoisotopic (exact) mass is 758 g/mol. The molecule has 2 aromatic heterocycles. The van der Waals surface area contributed by atoms with Crippen LogP contribution in [0, 0.1) is 17.8 Å². The van der Waals surface area contributed by atoms with Crippen LogP contribution in [0.25, 0.3) is 33.6 Å². The summed E-state index contributed by atoms with van der Waals surface area (Å²) in [4.78, 5) is 59.9. The maximum absolute atomic E-state index is 13.9. The standard InChI is InChI=1S/C44H54N8O4/c1-22(2)38(45)42(53)51-16-6-7-33(51)40-47-21-32(49-40)30-15-14-29(36-26-12-13-27(17-26)37(30)36)24-8-10-25(11-9-24)31-20-46-41(48-31)35-19-28-18-34(28)52(35)43(54)39(23(3)4)50-44(55)56-5/h8-11,14-15,20-23,26-28,33-35,38-39H,6-7,12-13,16-19,45H2,1-5H3,(H,46,48)(H,47,49)(H,50,55)/t26?,27?,28?,33-,34?,35-,38-,39-/m0/s1. The van der Waals surface area contributed by atoms with Gasteiger partial charge in [0.2, 0.25) is 11.8 Å². The van der Waals surface area contributed by atoms with Crippen LogP contribution < -0.4 is 11.1 Å². The van der Waals surface area contributed by atoms with E-state index >= 15 is 0 Å². The minimum absolute atomic E-state index is 0.0110. The summed E-state index contributed by atoms with van der Waals surface area (Å²) in [7, 11) is 1.31. The number of ether oxygens (including phenoxy) is 1. The highest BCUT2D eigenvalue weighted by Gasteiger charge is 2.56. The Kier molecular flexibility index (Phi) is 9.29. The molecule has 2 aromatic carbocycles. The Labute approximate surface area is 328 Å². The predicted molar refractivity (Wildman–Crippen MR) is 213 cm³/mol. The fourth-order valence-electron chi connectivity index (χ4n) is 10.3. The number of benzene rings is 2. The van der Waals surface area contributed by atoms with Gasteiger partial charge >= 0.3 is 6.09 Å². The summed E-state index contributed by atoms with van der Waals surface area (Å²) in [5.41, 5.74) is 15.9. The number of amides is 3. The number of rotatable bonds is 10. The molecule has 12 nitrogen and oxygen atoms in total. The van der Waals surface area contributed by atoms with Crippen molar-refractivity contribution in [1.29, 1.82) is 0 Å². The van der Waals surface area contributed by atoms with Gasteiger partial charge in [0.1, 0.15) is 17.7 Å². The number of piperidine rings is 1. The van der Waals surface area contributed by atoms with Crippen molar-refractivity contribution in [2.24, 2.45) is 23.5 Å². The summed E-state index contributed by atoms with van der Waals surface area (Å²) in [6.45, 7) is 8.58. The first-order valence-electron chi connectivity index (χ1n) is 20.6. The number of hydrogen-bond donors (Lipinski definition) is 4. The van der Waals surface area contributed by atoms with Gasteiger partial charge in [-0.3, -0.25) is 9.59 Å². The molecule has 4 heterocycles. The number of fused-ring (bicyclic) bond motifs is 6. The predicted octanol–water partition coefficient (Wildman–Crippen LogP) is 7.19. The zero-order valence-electron chi connectivity index (χ0n) is 33.0. The number of carbonyl (C=O) groups excluding carboxylic acids is 3. The van der Waals surface area contributed by atoms with E-state index in [4.69, 9.17) is 20.4 Å². The van der Waals surface area contributed by atoms with Crippen molar-refractivity contribution in [3.05, 3.63) is 71.6 Å². The molecule has 3 aliphatic carbocycles. The lowest BCUT2D eigenvalue weighted by Gasteiger charge is -2.31. The molecule has 3 amide bonds. The van der Waals surface area contributed by atoms with Crippen LogP contribution in [0.4, 0.5) is 4.79 Å². The molecule has 0 spiro atoms. The van der Waals surface area contributed by atoms with Crippen molar-refractivity contribution in [3.8, 4) is 33.6 Å². The average molecular weight is 759 g/mol. The van der Waals surface area contributed by atoms with E-state index in [1.54, 1.807) is 0 Å². The highest BCUT2D eigenvalue weighted by atomic mass is 16.5. The number of aromatic amines is 2. The lowest BCUT2D eigenvalue weighted by atomic mass is 9.82. The molecular formula is C44H54N8O4. The first-order valence-corrected chi connectivity index (χ1v) is 20.6. The van der Waals surface area contributed by atoms with Gasteiger partial charge in [0.15, 0.2) is 0 Å². The molecule has 2 aliphatic heterocycles. The summed E-state index contributed by atoms with van der Waals surface area (Å²) in [6, 6.07) is 12.1. The smallest absolute Gasteiger partial charge is 0.407 e. The lowest BCUT2D eigenvalue weighted by Crippen LogP contribution is -2.52. The fraction of sp³-hybridized carbons (Fsp3) is 0.523. The van der Waals surface area contributed by atoms with Crippen molar-refractivity contribution in [2.45, 2.75) is 115 Å². The lowest BCUT2D eigenvalue weighted by molar-refractivity contribution is -0.137. The van der Waals surface area contributed by atoms with Gasteiger partial charge in [0.05, 0.1) is 49.0 Å². The molecule has 12 heteroatoms. The minimum Gasteiger partial charge on any atom is -0.453 e. The number of likely N-dealkylation sites (tertiary alicyclic amines) is 2. The molecule has 8 atom stereocenters. The highest BCUT2D eigenvalue weighted by molar-refractivity contribution is 5.87. The SMILES string of the molecule is COC(=O)N[C@H](C(=O)N1C2CC2C[C@H]1c1ncc(-c2ccc(-c3ccc(-c4cnc([C@@H]5CCCN5C(=O)[C@@H](N)C(C)C)[nH]4)c4c3C3CCC4C3)cc2)[nH]1)C(C)C. The third-order valence-electron chi connectivity index (χ3n) is 13.4. The Morgan fingerprint density at radius 1 is 0.786 bits per heavy atom. The summed E-state index contributed by atoms with van der Waals surface area (Å²) < 4.78 is 4.82. The molecule has 56 heavy (non-hydrogen) atoms. The van der Waals surface area contributed by atoms with Crippen LogP contribution in [0.2, 0.25) is 0 Å². The topological polar surface area (TPSA) is 162 Å². The molecular weight excluding hydrogens is 705 g/mol. The molecule has 4 fully saturated rings. The molecule has 5 aliphatic rings. The minimum atomic E-state index is -0.664. The molecule has 0 radical (unpaired) electrons. The molecule has 9 rings (SSSR count). The Morgan fingerprint density at radius 3 is 2.12 bits per heavy atom. The van der Waals surface area contributed by atoms with E-state index in [-0.39, 0.29) is 41.8 Å². The van der Waals surface area contributed by atoms with Crippen LogP contribution >= 0.6 is 0 Å². The number of nitrogens with zero attached hydrogens (tertiary/aromatic N) is 4. The Bertz CT molecular complexity index is 2150. The number of carbonyl (C=O) groups is 3. The van der Waals surface area contributed by atoms with E-state index in [0.717, 1.165) is 54.3 Å². The summed E-state index contributed by atoms with van der Waals surface area (Å²) in [6.07, 6.45) is 10.5. The van der Waals surface area contributed by atoms with Crippen LogP contribution in [-0.4, -0.2) is 79.4 Å². The number of nitrogens with one attached hydrogen (secondary N) is 3.